The van der Waals surface area contributed by atoms with Crippen molar-refractivity contribution in [2.24, 2.45) is 5.92 Å². The maximum absolute atomic E-state index is 12.0. The normalized spacial score (nSPS) is 19.4. The summed E-state index contributed by atoms with van der Waals surface area (Å²) >= 11 is 0. The van der Waals surface area contributed by atoms with Crippen LogP contribution in [0.25, 0.3) is 0 Å². The molecule has 1 saturated heterocycles. The van der Waals surface area contributed by atoms with Crippen molar-refractivity contribution in [2.75, 3.05) is 39.4 Å². The molecule has 1 aliphatic heterocycles. The fourth-order valence-corrected chi connectivity index (χ4v) is 2.62. The summed E-state index contributed by atoms with van der Waals surface area (Å²) in [5, 5.41) is 10.4. The van der Waals surface area contributed by atoms with E-state index in [1.54, 1.807) is 6.07 Å². The smallest absolute Gasteiger partial charge is 0.252 e. The first kappa shape index (κ1) is 15.9. The third kappa shape index (κ3) is 5.40. The molecule has 1 aromatic heterocycles. The third-order valence-corrected chi connectivity index (χ3v) is 3.76. The van der Waals surface area contributed by atoms with Gasteiger partial charge in [0.2, 0.25) is 0 Å². The predicted molar refractivity (Wildman–Crippen MR) is 80.0 cm³/mol. The fourth-order valence-electron chi connectivity index (χ4n) is 2.62. The minimum absolute atomic E-state index is 0.0728. The zero-order valence-electron chi connectivity index (χ0n) is 12.6. The lowest BCUT2D eigenvalue weighted by Crippen LogP contribution is -2.42. The molecule has 0 aliphatic carbocycles. The van der Waals surface area contributed by atoms with Crippen molar-refractivity contribution in [3.05, 3.63) is 24.0 Å². The maximum Gasteiger partial charge on any atom is 0.252 e. The molecule has 1 N–H and O–H groups in total. The van der Waals surface area contributed by atoms with Crippen LogP contribution in [0.3, 0.4) is 0 Å². The van der Waals surface area contributed by atoms with E-state index in [4.69, 9.17) is 4.74 Å². The van der Waals surface area contributed by atoms with Crippen molar-refractivity contribution in [2.45, 2.75) is 19.8 Å². The van der Waals surface area contributed by atoms with Gasteiger partial charge in [0, 0.05) is 26.2 Å². The van der Waals surface area contributed by atoms with E-state index in [9.17, 15) is 4.79 Å². The van der Waals surface area contributed by atoms with E-state index in [1.165, 1.54) is 25.2 Å². The molecule has 6 heteroatoms. The largest absolute Gasteiger partial charge is 0.380 e. The second-order valence-corrected chi connectivity index (χ2v) is 5.35. The predicted octanol–water partition coefficient (Wildman–Crippen LogP) is 0.955. The molecule has 1 aliphatic rings. The van der Waals surface area contributed by atoms with E-state index in [-0.39, 0.29) is 5.91 Å². The van der Waals surface area contributed by atoms with Gasteiger partial charge in [0.1, 0.15) is 0 Å². The van der Waals surface area contributed by atoms with Crippen LogP contribution in [0.2, 0.25) is 0 Å². The van der Waals surface area contributed by atoms with E-state index in [0.29, 0.717) is 18.0 Å². The fraction of sp³-hybridized carbons (Fsp3) is 0.667. The number of ether oxygens (including phenoxy) is 1. The molecule has 0 aromatic carbocycles. The summed E-state index contributed by atoms with van der Waals surface area (Å²) in [4.78, 5) is 14.4. The van der Waals surface area contributed by atoms with E-state index in [1.807, 2.05) is 6.92 Å². The van der Waals surface area contributed by atoms with E-state index >= 15 is 0 Å². The van der Waals surface area contributed by atoms with Crippen molar-refractivity contribution >= 4 is 5.91 Å². The average molecular weight is 292 g/mol. The Labute approximate surface area is 125 Å². The number of aromatic nitrogens is 2. The summed E-state index contributed by atoms with van der Waals surface area (Å²) in [5.41, 5.74) is 0.564. The van der Waals surface area contributed by atoms with Crippen molar-refractivity contribution in [1.82, 2.24) is 20.4 Å². The van der Waals surface area contributed by atoms with E-state index in [0.717, 1.165) is 32.8 Å². The third-order valence-electron chi connectivity index (χ3n) is 3.76. The first-order chi connectivity index (χ1) is 10.3. The lowest BCUT2D eigenvalue weighted by atomic mass is 9.98. The Hall–Kier alpha value is -1.53. The molecular weight excluding hydrogens is 268 g/mol. The second kappa shape index (κ2) is 8.69. The topological polar surface area (TPSA) is 67.3 Å². The van der Waals surface area contributed by atoms with Crippen LogP contribution in [-0.4, -0.2) is 60.4 Å². The van der Waals surface area contributed by atoms with Gasteiger partial charge in [-0.1, -0.05) is 0 Å². The highest BCUT2D eigenvalue weighted by Crippen LogP contribution is 2.15. The van der Waals surface area contributed by atoms with Crippen LogP contribution < -0.4 is 5.32 Å². The lowest BCUT2D eigenvalue weighted by molar-refractivity contribution is 0.0857. The SMILES string of the molecule is CCOCCN1CCCC(CNC(=O)c2ccnnc2)C1. The Morgan fingerprint density at radius 3 is 3.19 bits per heavy atom. The average Bonchev–Trinajstić information content (AvgIpc) is 2.54. The Bertz CT molecular complexity index is 427. The van der Waals surface area contributed by atoms with Gasteiger partial charge < -0.3 is 15.0 Å². The molecule has 21 heavy (non-hydrogen) atoms. The molecule has 1 aromatic rings. The molecule has 1 atom stereocenters. The second-order valence-electron chi connectivity index (χ2n) is 5.35. The first-order valence-corrected chi connectivity index (χ1v) is 7.64. The molecule has 1 fully saturated rings. The minimum Gasteiger partial charge on any atom is -0.380 e. The summed E-state index contributed by atoms with van der Waals surface area (Å²) in [6.45, 7) is 7.43. The Kier molecular flexibility index (Phi) is 6.56. The van der Waals surface area contributed by atoms with Crippen LogP contribution in [0, 0.1) is 5.92 Å². The highest BCUT2D eigenvalue weighted by Gasteiger charge is 2.20. The number of hydrogen-bond acceptors (Lipinski definition) is 5. The number of carbonyl (C=O) groups is 1. The van der Waals surface area contributed by atoms with E-state index in [2.05, 4.69) is 20.4 Å². The van der Waals surface area contributed by atoms with Gasteiger partial charge in [0.15, 0.2) is 0 Å². The number of nitrogens with one attached hydrogen (secondary N) is 1. The van der Waals surface area contributed by atoms with Gasteiger partial charge in [-0.25, -0.2) is 0 Å². The zero-order valence-corrected chi connectivity index (χ0v) is 12.6. The number of amides is 1. The molecule has 1 unspecified atom stereocenters. The maximum atomic E-state index is 12.0. The van der Waals surface area contributed by atoms with Crippen LogP contribution >= 0.6 is 0 Å². The molecule has 0 bridgehead atoms. The van der Waals surface area contributed by atoms with Crippen molar-refractivity contribution in [3.8, 4) is 0 Å². The van der Waals surface area contributed by atoms with Gasteiger partial charge in [0.05, 0.1) is 24.6 Å². The monoisotopic (exact) mass is 292 g/mol. The minimum atomic E-state index is -0.0728. The summed E-state index contributed by atoms with van der Waals surface area (Å²) in [7, 11) is 0. The Morgan fingerprint density at radius 2 is 2.43 bits per heavy atom. The molecule has 6 nitrogen and oxygen atoms in total. The Morgan fingerprint density at radius 1 is 1.52 bits per heavy atom. The van der Waals surface area contributed by atoms with Crippen LogP contribution in [-0.2, 0) is 4.74 Å². The summed E-state index contributed by atoms with van der Waals surface area (Å²) in [5.74, 6) is 0.440. The number of likely N-dealkylation sites (tertiary alicyclic amines) is 1. The molecule has 116 valence electrons. The number of rotatable bonds is 7. The van der Waals surface area contributed by atoms with Crippen molar-refractivity contribution in [3.63, 3.8) is 0 Å². The lowest BCUT2D eigenvalue weighted by Gasteiger charge is -2.32. The molecule has 0 spiro atoms. The molecular formula is C15H24N4O2. The molecule has 0 saturated carbocycles. The summed E-state index contributed by atoms with van der Waals surface area (Å²) in [6, 6.07) is 1.68. The number of piperidine rings is 1. The van der Waals surface area contributed by atoms with Crippen molar-refractivity contribution < 1.29 is 9.53 Å². The van der Waals surface area contributed by atoms with Crippen LogP contribution in [0.1, 0.15) is 30.1 Å². The summed E-state index contributed by atoms with van der Waals surface area (Å²) < 4.78 is 5.40. The standard InChI is InChI=1S/C15H24N4O2/c1-2-21-9-8-19-7-3-4-13(12-19)10-16-15(20)14-5-6-17-18-11-14/h5-6,11,13H,2-4,7-10,12H2,1H3,(H,16,20). The van der Waals surface area contributed by atoms with Gasteiger partial charge in [-0.3, -0.25) is 4.79 Å². The highest BCUT2D eigenvalue weighted by atomic mass is 16.5. The number of carbonyl (C=O) groups excluding carboxylic acids is 1. The summed E-state index contributed by atoms with van der Waals surface area (Å²) in [6.07, 6.45) is 5.37. The van der Waals surface area contributed by atoms with Gasteiger partial charge in [-0.2, -0.15) is 10.2 Å². The molecule has 0 radical (unpaired) electrons. The van der Waals surface area contributed by atoms with Gasteiger partial charge >= 0.3 is 0 Å². The molecule has 2 rings (SSSR count). The molecule has 2 heterocycles. The highest BCUT2D eigenvalue weighted by molar-refractivity contribution is 5.93. The molecule has 1 amide bonds. The van der Waals surface area contributed by atoms with Gasteiger partial charge in [0.25, 0.3) is 5.91 Å². The van der Waals surface area contributed by atoms with Crippen LogP contribution in [0.4, 0.5) is 0 Å². The number of hydrogen-bond donors (Lipinski definition) is 1. The van der Waals surface area contributed by atoms with Crippen LogP contribution in [0.5, 0.6) is 0 Å². The number of nitrogens with zero attached hydrogens (tertiary/aromatic N) is 3. The first-order valence-electron chi connectivity index (χ1n) is 7.64. The van der Waals surface area contributed by atoms with Gasteiger partial charge in [-0.05, 0) is 38.3 Å². The Balaban J connectivity index is 1.71. The van der Waals surface area contributed by atoms with Crippen molar-refractivity contribution in [1.29, 1.82) is 0 Å². The van der Waals surface area contributed by atoms with Crippen LogP contribution in [0.15, 0.2) is 18.5 Å². The van der Waals surface area contributed by atoms with E-state index < -0.39 is 0 Å². The van der Waals surface area contributed by atoms with Gasteiger partial charge in [-0.15, -0.1) is 0 Å². The zero-order chi connectivity index (χ0) is 14.9. The quantitative estimate of drug-likeness (QED) is 0.758.